The number of thioether (sulfide) groups is 1. The summed E-state index contributed by atoms with van der Waals surface area (Å²) in [7, 11) is 0. The van der Waals surface area contributed by atoms with Crippen LogP contribution in [0.4, 0.5) is 5.69 Å². The number of hydrogen-bond donors (Lipinski definition) is 1. The van der Waals surface area contributed by atoms with E-state index in [0.717, 1.165) is 10.0 Å². The molecule has 0 saturated carbocycles. The van der Waals surface area contributed by atoms with Crippen molar-refractivity contribution in [2.75, 3.05) is 0 Å². The van der Waals surface area contributed by atoms with Gasteiger partial charge in [0.2, 0.25) is 5.78 Å². The van der Waals surface area contributed by atoms with Gasteiger partial charge in [0.1, 0.15) is 0 Å². The first-order valence-electron chi connectivity index (χ1n) is 8.80. The first kappa shape index (κ1) is 23.3. The maximum absolute atomic E-state index is 13.2. The van der Waals surface area contributed by atoms with Gasteiger partial charge in [-0.3, -0.25) is 14.9 Å². The Labute approximate surface area is 201 Å². The van der Waals surface area contributed by atoms with Crippen molar-refractivity contribution >= 4 is 68.4 Å². The van der Waals surface area contributed by atoms with Gasteiger partial charge >= 0.3 is 5.69 Å². The van der Waals surface area contributed by atoms with Gasteiger partial charge in [0.15, 0.2) is 5.75 Å². The number of halogens is 3. The molecule has 0 aromatic heterocycles. The molecule has 0 unspecified atom stereocenters. The highest BCUT2D eigenvalue weighted by molar-refractivity contribution is 9.10. The van der Waals surface area contributed by atoms with E-state index in [4.69, 9.17) is 23.2 Å². The standard InChI is InChI=1S/C22H14BrCl2NO4S/c23-15-4-1-13(2-5-15)12-31-21(22(28)17-7-6-16(24)11-18(17)25)10-14-3-8-20(27)19(9-14)26(29)30/h1-11,27H,12H2/b21-10+. The van der Waals surface area contributed by atoms with Crippen LogP contribution in [0.25, 0.3) is 6.08 Å². The fourth-order valence-electron chi connectivity index (χ4n) is 2.65. The lowest BCUT2D eigenvalue weighted by Gasteiger charge is -2.10. The van der Waals surface area contributed by atoms with Gasteiger partial charge in [-0.25, -0.2) is 0 Å². The quantitative estimate of drug-likeness (QED) is 0.145. The molecule has 0 spiro atoms. The van der Waals surface area contributed by atoms with Gasteiger partial charge < -0.3 is 5.11 Å². The van der Waals surface area contributed by atoms with E-state index in [0.29, 0.717) is 21.2 Å². The highest BCUT2D eigenvalue weighted by Crippen LogP contribution is 2.33. The Kier molecular flexibility index (Phi) is 7.78. The summed E-state index contributed by atoms with van der Waals surface area (Å²) in [5, 5.41) is 21.5. The summed E-state index contributed by atoms with van der Waals surface area (Å²) in [6.45, 7) is 0. The number of ketones is 1. The molecule has 9 heteroatoms. The predicted molar refractivity (Wildman–Crippen MR) is 129 cm³/mol. The number of allylic oxidation sites excluding steroid dienone is 1. The number of hydrogen-bond acceptors (Lipinski definition) is 5. The largest absolute Gasteiger partial charge is 0.502 e. The Balaban J connectivity index is 1.99. The number of nitrogens with zero attached hydrogens (tertiary/aromatic N) is 1. The second kappa shape index (κ2) is 10.3. The summed E-state index contributed by atoms with van der Waals surface area (Å²) < 4.78 is 0.942. The van der Waals surface area contributed by atoms with Crippen molar-refractivity contribution in [2.45, 2.75) is 5.75 Å². The molecule has 3 aromatic carbocycles. The Morgan fingerprint density at radius 2 is 1.81 bits per heavy atom. The van der Waals surface area contributed by atoms with Crippen LogP contribution >= 0.6 is 50.9 Å². The number of Topliss-reactive ketones (excluding diaryl/α,β-unsaturated/α-hetero) is 1. The molecule has 0 radical (unpaired) electrons. The van der Waals surface area contributed by atoms with Crippen LogP contribution in [0.15, 0.2) is 70.0 Å². The van der Waals surface area contributed by atoms with Crippen molar-refractivity contribution in [3.05, 3.63) is 107 Å². The molecule has 0 bridgehead atoms. The minimum Gasteiger partial charge on any atom is -0.502 e. The maximum atomic E-state index is 13.2. The molecule has 0 aliphatic heterocycles. The van der Waals surface area contributed by atoms with Gasteiger partial charge in [-0.15, -0.1) is 11.8 Å². The molecule has 5 nitrogen and oxygen atoms in total. The van der Waals surface area contributed by atoms with Gasteiger partial charge in [-0.2, -0.15) is 0 Å². The Morgan fingerprint density at radius 1 is 1.10 bits per heavy atom. The SMILES string of the molecule is O=C(/C(=C\c1ccc(O)c([N+](=O)[O-])c1)SCc1ccc(Br)cc1)c1ccc(Cl)cc1Cl. The lowest BCUT2D eigenvalue weighted by molar-refractivity contribution is -0.385. The fraction of sp³-hybridized carbons (Fsp3) is 0.0455. The van der Waals surface area contributed by atoms with E-state index in [-0.39, 0.29) is 16.4 Å². The van der Waals surface area contributed by atoms with Crippen LogP contribution in [-0.4, -0.2) is 15.8 Å². The number of nitro groups is 1. The molecule has 0 fully saturated rings. The highest BCUT2D eigenvalue weighted by atomic mass is 79.9. The van der Waals surface area contributed by atoms with E-state index >= 15 is 0 Å². The molecule has 0 atom stereocenters. The van der Waals surface area contributed by atoms with Crippen LogP contribution < -0.4 is 0 Å². The molecule has 0 amide bonds. The summed E-state index contributed by atoms with van der Waals surface area (Å²) in [6.07, 6.45) is 1.54. The van der Waals surface area contributed by atoms with Gasteiger partial charge in [-0.1, -0.05) is 57.3 Å². The van der Waals surface area contributed by atoms with Gasteiger partial charge in [0.05, 0.1) is 14.9 Å². The molecule has 3 rings (SSSR count). The number of aromatic hydroxyl groups is 1. The van der Waals surface area contributed by atoms with E-state index in [1.54, 1.807) is 18.2 Å². The molecule has 3 aromatic rings. The first-order chi connectivity index (χ1) is 14.7. The maximum Gasteiger partial charge on any atom is 0.311 e. The lowest BCUT2D eigenvalue weighted by atomic mass is 10.1. The molecule has 1 N–H and O–H groups in total. The number of rotatable bonds is 7. The summed E-state index contributed by atoms with van der Waals surface area (Å²) >= 11 is 16.8. The molecule has 0 heterocycles. The first-order valence-corrected chi connectivity index (χ1v) is 11.3. The molecule has 31 heavy (non-hydrogen) atoms. The minimum atomic E-state index is -0.681. The van der Waals surface area contributed by atoms with Crippen molar-refractivity contribution in [1.82, 2.24) is 0 Å². The third-order valence-electron chi connectivity index (χ3n) is 4.20. The smallest absolute Gasteiger partial charge is 0.311 e. The molecule has 0 aliphatic carbocycles. The zero-order valence-electron chi connectivity index (χ0n) is 15.7. The number of phenolic OH excluding ortho intramolecular Hbond substituents is 1. The van der Waals surface area contributed by atoms with Crippen molar-refractivity contribution < 1.29 is 14.8 Å². The second-order valence-corrected chi connectivity index (χ2v) is 9.16. The number of carbonyl (C=O) groups excluding carboxylic acids is 1. The third kappa shape index (κ3) is 6.11. The topological polar surface area (TPSA) is 80.4 Å². The average molecular weight is 539 g/mol. The Morgan fingerprint density at radius 3 is 2.45 bits per heavy atom. The Bertz CT molecular complexity index is 1180. The van der Waals surface area contributed by atoms with Gasteiger partial charge in [0.25, 0.3) is 0 Å². The number of phenols is 1. The Hall–Kier alpha value is -2.32. The average Bonchev–Trinajstić information content (AvgIpc) is 2.73. The van der Waals surface area contributed by atoms with Crippen LogP contribution in [0.2, 0.25) is 10.0 Å². The van der Waals surface area contributed by atoms with Crippen molar-refractivity contribution in [2.24, 2.45) is 0 Å². The van der Waals surface area contributed by atoms with Gasteiger partial charge in [-0.05, 0) is 53.6 Å². The van der Waals surface area contributed by atoms with Crippen molar-refractivity contribution in [3.8, 4) is 5.75 Å². The zero-order chi connectivity index (χ0) is 22.5. The minimum absolute atomic E-state index is 0.212. The number of carbonyl (C=O) groups is 1. The van der Waals surface area contributed by atoms with Gasteiger partial charge in [0, 0.05) is 26.9 Å². The summed E-state index contributed by atoms with van der Waals surface area (Å²) in [6, 6.07) is 16.2. The van der Waals surface area contributed by atoms with E-state index in [9.17, 15) is 20.0 Å². The molecular formula is C22H14BrCl2NO4S. The molecular weight excluding hydrogens is 525 g/mol. The number of nitro benzene ring substituents is 1. The fourth-order valence-corrected chi connectivity index (χ4v) is 4.38. The second-order valence-electron chi connectivity index (χ2n) is 6.38. The van der Waals surface area contributed by atoms with Crippen LogP contribution in [0.1, 0.15) is 21.5 Å². The van der Waals surface area contributed by atoms with Crippen LogP contribution in [0.3, 0.4) is 0 Å². The van der Waals surface area contributed by atoms with Crippen LogP contribution in [0.5, 0.6) is 5.75 Å². The van der Waals surface area contributed by atoms with Crippen LogP contribution in [-0.2, 0) is 5.75 Å². The zero-order valence-corrected chi connectivity index (χ0v) is 19.6. The van der Waals surface area contributed by atoms with E-state index in [2.05, 4.69) is 15.9 Å². The molecule has 0 saturated heterocycles. The van der Waals surface area contributed by atoms with E-state index in [1.807, 2.05) is 24.3 Å². The summed E-state index contributed by atoms with van der Waals surface area (Å²) in [5.41, 5.74) is 1.23. The van der Waals surface area contributed by atoms with Crippen LogP contribution in [0, 0.1) is 10.1 Å². The number of benzene rings is 3. The molecule has 0 aliphatic rings. The lowest BCUT2D eigenvalue weighted by Crippen LogP contribution is -2.03. The van der Waals surface area contributed by atoms with Crippen molar-refractivity contribution in [3.63, 3.8) is 0 Å². The third-order valence-corrected chi connectivity index (χ3v) is 6.37. The van der Waals surface area contributed by atoms with Crippen molar-refractivity contribution in [1.29, 1.82) is 0 Å². The van der Waals surface area contributed by atoms with E-state index < -0.39 is 16.4 Å². The van der Waals surface area contributed by atoms with E-state index in [1.165, 1.54) is 36.0 Å². The normalized spacial score (nSPS) is 11.4. The monoisotopic (exact) mass is 537 g/mol. The summed E-state index contributed by atoms with van der Waals surface area (Å²) in [5.74, 6) is -0.284. The molecule has 158 valence electrons. The predicted octanol–water partition coefficient (Wildman–Crippen LogP) is 7.53. The summed E-state index contributed by atoms with van der Waals surface area (Å²) in [4.78, 5) is 24.0. The highest BCUT2D eigenvalue weighted by Gasteiger charge is 2.19.